The smallest absolute Gasteiger partial charge is 0.325 e. The second-order valence-corrected chi connectivity index (χ2v) is 4.23. The van der Waals surface area contributed by atoms with Gasteiger partial charge in [-0.2, -0.15) is 0 Å². The van der Waals surface area contributed by atoms with Crippen LogP contribution in [0.25, 0.3) is 0 Å². The number of phenolic OH excluding ortho intramolecular Hbond substituents is 1. The summed E-state index contributed by atoms with van der Waals surface area (Å²) in [5.74, 6) is -1.21. The molecule has 1 aromatic rings. The number of hydrogen-bond acceptors (Lipinski definition) is 3. The van der Waals surface area contributed by atoms with Gasteiger partial charge in [-0.05, 0) is 31.0 Å². The molecule has 1 unspecified atom stereocenters. The number of rotatable bonds is 2. The highest BCUT2D eigenvalue weighted by Crippen LogP contribution is 2.34. The van der Waals surface area contributed by atoms with E-state index in [1.807, 2.05) is 0 Å². The fourth-order valence-corrected chi connectivity index (χ4v) is 1.95. The monoisotopic (exact) mass is 273 g/mol. The van der Waals surface area contributed by atoms with Gasteiger partial charge in [-0.25, -0.2) is 0 Å². The van der Waals surface area contributed by atoms with Crippen LogP contribution >= 0.6 is 15.9 Å². The molecular formula is C10H12BrNO3. The Bertz CT molecular complexity index is 391. The van der Waals surface area contributed by atoms with Crippen molar-refractivity contribution in [3.8, 4) is 5.75 Å². The largest absolute Gasteiger partial charge is 0.507 e. The summed E-state index contributed by atoms with van der Waals surface area (Å²) in [5, 5.41) is 18.6. The van der Waals surface area contributed by atoms with E-state index in [2.05, 4.69) is 15.9 Å². The van der Waals surface area contributed by atoms with Crippen molar-refractivity contribution in [1.29, 1.82) is 0 Å². The standard InChI is InChI=1S/C10H12BrNO3/c1-4-3-6(11)5(2)7(9(4)13)8(12)10(14)15/h3,8,13H,12H2,1-2H3,(H,14,15). The first-order chi connectivity index (χ1) is 6.86. The first-order valence-corrected chi connectivity index (χ1v) is 5.12. The maximum absolute atomic E-state index is 10.8. The number of aromatic hydroxyl groups is 1. The highest BCUT2D eigenvalue weighted by Gasteiger charge is 2.22. The van der Waals surface area contributed by atoms with E-state index in [0.29, 0.717) is 11.1 Å². The minimum Gasteiger partial charge on any atom is -0.507 e. The third-order valence-electron chi connectivity index (χ3n) is 2.31. The number of phenols is 1. The summed E-state index contributed by atoms with van der Waals surface area (Å²) in [6.45, 7) is 3.40. The van der Waals surface area contributed by atoms with Gasteiger partial charge in [0.15, 0.2) is 0 Å². The summed E-state index contributed by atoms with van der Waals surface area (Å²) in [6.07, 6.45) is 0. The van der Waals surface area contributed by atoms with Crippen molar-refractivity contribution in [1.82, 2.24) is 0 Å². The lowest BCUT2D eigenvalue weighted by Crippen LogP contribution is -2.22. The summed E-state index contributed by atoms with van der Waals surface area (Å²) >= 11 is 3.29. The first-order valence-electron chi connectivity index (χ1n) is 4.33. The molecule has 0 bridgehead atoms. The second kappa shape index (κ2) is 4.20. The molecule has 82 valence electrons. The summed E-state index contributed by atoms with van der Waals surface area (Å²) in [4.78, 5) is 10.8. The Morgan fingerprint density at radius 1 is 1.53 bits per heavy atom. The molecule has 0 radical (unpaired) electrons. The fraction of sp³-hybridized carbons (Fsp3) is 0.300. The van der Waals surface area contributed by atoms with Gasteiger partial charge in [0.1, 0.15) is 11.8 Å². The predicted octanol–water partition coefficient (Wildman–Crippen LogP) is 1.86. The van der Waals surface area contributed by atoms with Crippen LogP contribution < -0.4 is 5.73 Å². The quantitative estimate of drug-likeness (QED) is 0.768. The third-order valence-corrected chi connectivity index (χ3v) is 3.13. The van der Waals surface area contributed by atoms with Crippen molar-refractivity contribution in [3.05, 3.63) is 27.2 Å². The number of benzene rings is 1. The number of aryl methyl sites for hydroxylation is 1. The second-order valence-electron chi connectivity index (χ2n) is 3.38. The zero-order chi connectivity index (χ0) is 11.7. The molecule has 15 heavy (non-hydrogen) atoms. The molecule has 0 fully saturated rings. The molecule has 0 saturated carbocycles. The van der Waals surface area contributed by atoms with Crippen LogP contribution in [0.2, 0.25) is 0 Å². The summed E-state index contributed by atoms with van der Waals surface area (Å²) in [6, 6.07) is 0.518. The first kappa shape index (κ1) is 12.0. The average Bonchev–Trinajstić information content (AvgIpc) is 2.15. The summed E-state index contributed by atoms with van der Waals surface area (Å²) < 4.78 is 0.740. The number of hydrogen-bond donors (Lipinski definition) is 3. The van der Waals surface area contributed by atoms with E-state index in [0.717, 1.165) is 4.47 Å². The highest BCUT2D eigenvalue weighted by atomic mass is 79.9. The van der Waals surface area contributed by atoms with Gasteiger partial charge in [0, 0.05) is 10.0 Å². The Kier molecular flexibility index (Phi) is 3.36. The van der Waals surface area contributed by atoms with E-state index in [-0.39, 0.29) is 11.3 Å². The Morgan fingerprint density at radius 2 is 2.07 bits per heavy atom. The predicted molar refractivity (Wildman–Crippen MR) is 59.8 cm³/mol. The lowest BCUT2D eigenvalue weighted by Gasteiger charge is -2.15. The Hall–Kier alpha value is -1.07. The third kappa shape index (κ3) is 2.13. The molecule has 0 aliphatic rings. The Balaban J connectivity index is 3.45. The van der Waals surface area contributed by atoms with E-state index in [1.165, 1.54) is 0 Å². The molecule has 0 saturated heterocycles. The van der Waals surface area contributed by atoms with E-state index in [4.69, 9.17) is 10.8 Å². The van der Waals surface area contributed by atoms with Crippen LogP contribution in [0.3, 0.4) is 0 Å². The van der Waals surface area contributed by atoms with Crippen molar-refractivity contribution in [2.45, 2.75) is 19.9 Å². The zero-order valence-corrected chi connectivity index (χ0v) is 10.00. The van der Waals surface area contributed by atoms with Crippen LogP contribution in [-0.4, -0.2) is 16.2 Å². The Morgan fingerprint density at radius 3 is 2.53 bits per heavy atom. The summed E-state index contributed by atoms with van der Waals surface area (Å²) in [5.41, 5.74) is 7.00. The maximum Gasteiger partial charge on any atom is 0.325 e. The molecule has 5 heteroatoms. The van der Waals surface area contributed by atoms with Gasteiger partial charge >= 0.3 is 5.97 Å². The molecule has 1 atom stereocenters. The zero-order valence-electron chi connectivity index (χ0n) is 8.41. The molecule has 0 aromatic heterocycles. The Labute approximate surface area is 95.8 Å². The minimum absolute atomic E-state index is 0.0504. The molecular weight excluding hydrogens is 262 g/mol. The van der Waals surface area contributed by atoms with E-state index in [1.54, 1.807) is 19.9 Å². The van der Waals surface area contributed by atoms with Crippen LogP contribution in [0.1, 0.15) is 22.7 Å². The number of carboxylic acids is 1. The molecule has 0 spiro atoms. The van der Waals surface area contributed by atoms with Gasteiger partial charge in [-0.3, -0.25) is 4.79 Å². The van der Waals surface area contributed by atoms with E-state index >= 15 is 0 Å². The number of aliphatic carboxylic acids is 1. The van der Waals surface area contributed by atoms with Crippen molar-refractivity contribution >= 4 is 21.9 Å². The van der Waals surface area contributed by atoms with Gasteiger partial charge in [-0.1, -0.05) is 15.9 Å². The molecule has 0 aliphatic carbocycles. The van der Waals surface area contributed by atoms with E-state index in [9.17, 15) is 9.90 Å². The molecule has 0 aliphatic heterocycles. The van der Waals surface area contributed by atoms with Crippen molar-refractivity contribution in [3.63, 3.8) is 0 Å². The van der Waals surface area contributed by atoms with Crippen molar-refractivity contribution < 1.29 is 15.0 Å². The average molecular weight is 274 g/mol. The highest BCUT2D eigenvalue weighted by molar-refractivity contribution is 9.10. The topological polar surface area (TPSA) is 83.6 Å². The van der Waals surface area contributed by atoms with Crippen LogP contribution in [0.5, 0.6) is 5.75 Å². The van der Waals surface area contributed by atoms with Crippen molar-refractivity contribution in [2.24, 2.45) is 5.73 Å². The number of halogens is 1. The minimum atomic E-state index is -1.21. The van der Waals surface area contributed by atoms with Crippen LogP contribution in [0.4, 0.5) is 0 Å². The van der Waals surface area contributed by atoms with Gasteiger partial charge in [-0.15, -0.1) is 0 Å². The van der Waals surface area contributed by atoms with Gasteiger partial charge < -0.3 is 15.9 Å². The summed E-state index contributed by atoms with van der Waals surface area (Å²) in [7, 11) is 0. The van der Waals surface area contributed by atoms with Gasteiger partial charge in [0.25, 0.3) is 0 Å². The molecule has 0 amide bonds. The van der Waals surface area contributed by atoms with Crippen LogP contribution in [0, 0.1) is 13.8 Å². The normalized spacial score (nSPS) is 12.5. The van der Waals surface area contributed by atoms with Crippen molar-refractivity contribution in [2.75, 3.05) is 0 Å². The lowest BCUT2D eigenvalue weighted by molar-refractivity contribution is -0.138. The van der Waals surface area contributed by atoms with E-state index < -0.39 is 12.0 Å². The number of nitrogens with two attached hydrogens (primary N) is 1. The van der Waals surface area contributed by atoms with Crippen LogP contribution in [-0.2, 0) is 4.79 Å². The van der Waals surface area contributed by atoms with Crippen LogP contribution in [0.15, 0.2) is 10.5 Å². The lowest BCUT2D eigenvalue weighted by atomic mass is 9.98. The SMILES string of the molecule is Cc1cc(Br)c(C)c(C(N)C(=O)O)c1O. The number of carboxylic acid groups (broad SMARTS) is 1. The fourth-order valence-electron chi connectivity index (χ4n) is 1.39. The molecule has 4 nitrogen and oxygen atoms in total. The molecule has 4 N–H and O–H groups in total. The molecule has 0 heterocycles. The molecule has 1 rings (SSSR count). The van der Waals surface area contributed by atoms with Gasteiger partial charge in [0.05, 0.1) is 0 Å². The number of carbonyl (C=O) groups is 1. The molecule has 1 aromatic carbocycles. The van der Waals surface area contributed by atoms with Gasteiger partial charge in [0.2, 0.25) is 0 Å². The maximum atomic E-state index is 10.8.